The fourth-order valence-corrected chi connectivity index (χ4v) is 3.19. The number of aromatic nitrogens is 1. The molecule has 1 aromatic carbocycles. The highest BCUT2D eigenvalue weighted by molar-refractivity contribution is 7.21. The molecule has 3 rings (SSSR count). The van der Waals surface area contributed by atoms with E-state index in [1.807, 2.05) is 19.9 Å². The number of aryl methyl sites for hydroxylation is 2. The maximum atomic E-state index is 13.6. The van der Waals surface area contributed by atoms with Crippen LogP contribution in [0.15, 0.2) is 24.3 Å². The highest BCUT2D eigenvalue weighted by atomic mass is 32.1. The van der Waals surface area contributed by atoms with Crippen molar-refractivity contribution < 1.29 is 13.6 Å². The second-order valence-corrected chi connectivity index (χ2v) is 6.17. The molecule has 7 heteroatoms. The Hall–Kier alpha value is -2.54. The number of nitrogens with two attached hydrogens (primary N) is 1. The topological polar surface area (TPSA) is 68.0 Å². The first-order valence-electron chi connectivity index (χ1n) is 6.79. The molecule has 3 aromatic rings. The van der Waals surface area contributed by atoms with Crippen LogP contribution in [0.1, 0.15) is 20.9 Å². The van der Waals surface area contributed by atoms with Crippen molar-refractivity contribution in [2.75, 3.05) is 11.1 Å². The molecule has 0 unspecified atom stereocenters. The van der Waals surface area contributed by atoms with E-state index >= 15 is 0 Å². The smallest absolute Gasteiger partial charge is 0.268 e. The van der Waals surface area contributed by atoms with Crippen LogP contribution in [0.25, 0.3) is 10.2 Å². The van der Waals surface area contributed by atoms with E-state index < -0.39 is 17.5 Å². The number of amides is 1. The first-order valence-corrected chi connectivity index (χ1v) is 7.61. The molecule has 3 N–H and O–H groups in total. The number of nitrogens with zero attached hydrogens (tertiary/aromatic N) is 1. The minimum atomic E-state index is -0.845. The number of carbonyl (C=O) groups is 1. The number of halogens is 2. The Morgan fingerprint density at radius 1 is 1.26 bits per heavy atom. The van der Waals surface area contributed by atoms with Crippen LogP contribution in [0.3, 0.4) is 0 Å². The van der Waals surface area contributed by atoms with Gasteiger partial charge in [-0.05, 0) is 37.6 Å². The molecule has 0 radical (unpaired) electrons. The highest BCUT2D eigenvalue weighted by Gasteiger charge is 2.19. The third kappa shape index (κ3) is 2.75. The number of anilines is 2. The summed E-state index contributed by atoms with van der Waals surface area (Å²) in [5.74, 6) is -2.11. The number of hydrogen-bond donors (Lipinski definition) is 2. The Labute approximate surface area is 135 Å². The molecular formula is C16H13F2N3OS. The zero-order valence-corrected chi connectivity index (χ0v) is 13.2. The lowest BCUT2D eigenvalue weighted by Crippen LogP contribution is -2.13. The minimum absolute atomic E-state index is 0.103. The van der Waals surface area contributed by atoms with Gasteiger partial charge in [-0.1, -0.05) is 0 Å². The molecule has 0 aliphatic rings. The largest absolute Gasteiger partial charge is 0.397 e. The average Bonchev–Trinajstić information content (AvgIpc) is 2.79. The molecule has 0 saturated carbocycles. The van der Waals surface area contributed by atoms with Gasteiger partial charge in [0.2, 0.25) is 0 Å². The van der Waals surface area contributed by atoms with Crippen molar-refractivity contribution in [2.24, 2.45) is 0 Å². The lowest BCUT2D eigenvalue weighted by Gasteiger charge is -2.05. The van der Waals surface area contributed by atoms with Crippen LogP contribution in [0.4, 0.5) is 20.2 Å². The molecule has 118 valence electrons. The Balaban J connectivity index is 1.99. The average molecular weight is 333 g/mol. The molecule has 0 aliphatic carbocycles. The summed E-state index contributed by atoms with van der Waals surface area (Å²) in [6, 6.07) is 4.82. The van der Waals surface area contributed by atoms with Gasteiger partial charge in [0.1, 0.15) is 21.3 Å². The van der Waals surface area contributed by atoms with Crippen LogP contribution in [0.5, 0.6) is 0 Å². The predicted octanol–water partition coefficient (Wildman–Crippen LogP) is 4.03. The molecular weight excluding hydrogens is 320 g/mol. The van der Waals surface area contributed by atoms with Gasteiger partial charge in [-0.3, -0.25) is 4.79 Å². The summed E-state index contributed by atoms with van der Waals surface area (Å²) in [6.07, 6.45) is 0. The number of hydrogen-bond acceptors (Lipinski definition) is 4. The van der Waals surface area contributed by atoms with Crippen molar-refractivity contribution in [3.05, 3.63) is 52.0 Å². The number of thiophene rings is 1. The lowest BCUT2D eigenvalue weighted by atomic mass is 10.1. The maximum absolute atomic E-state index is 13.6. The van der Waals surface area contributed by atoms with Crippen molar-refractivity contribution >= 4 is 38.8 Å². The molecule has 0 atom stereocenters. The van der Waals surface area contributed by atoms with Crippen LogP contribution in [-0.2, 0) is 0 Å². The SMILES string of the molecule is Cc1cc2c(N)c(C(=O)Nc3ccc(F)cc3F)sc2nc1C. The standard InChI is InChI=1S/C16H13F2N3OS/c1-7-5-10-13(19)14(23-16(10)20-8(7)2)15(22)21-12-4-3-9(17)6-11(12)18/h3-6H,19H2,1-2H3,(H,21,22). The van der Waals surface area contributed by atoms with Gasteiger partial charge in [0.05, 0.1) is 11.4 Å². The number of nitrogen functional groups attached to an aromatic ring is 1. The molecule has 0 spiro atoms. The van der Waals surface area contributed by atoms with E-state index in [0.717, 1.165) is 28.7 Å². The number of pyridine rings is 1. The second kappa shape index (κ2) is 5.58. The zero-order chi connectivity index (χ0) is 16.7. The molecule has 0 saturated heterocycles. The molecule has 0 bridgehead atoms. The van der Waals surface area contributed by atoms with E-state index in [9.17, 15) is 13.6 Å². The van der Waals surface area contributed by atoms with Crippen molar-refractivity contribution in [2.45, 2.75) is 13.8 Å². The summed E-state index contributed by atoms with van der Waals surface area (Å²) in [7, 11) is 0. The predicted molar refractivity (Wildman–Crippen MR) is 87.8 cm³/mol. The van der Waals surface area contributed by atoms with E-state index in [0.29, 0.717) is 22.0 Å². The summed E-state index contributed by atoms with van der Waals surface area (Å²) < 4.78 is 26.6. The zero-order valence-electron chi connectivity index (χ0n) is 12.4. The fraction of sp³-hybridized carbons (Fsp3) is 0.125. The van der Waals surface area contributed by atoms with Gasteiger partial charge in [-0.15, -0.1) is 11.3 Å². The maximum Gasteiger partial charge on any atom is 0.268 e. The summed E-state index contributed by atoms with van der Waals surface area (Å²) in [4.78, 5) is 17.7. The number of benzene rings is 1. The van der Waals surface area contributed by atoms with E-state index in [2.05, 4.69) is 10.3 Å². The normalized spacial score (nSPS) is 11.0. The van der Waals surface area contributed by atoms with Crippen molar-refractivity contribution in [3.63, 3.8) is 0 Å². The van der Waals surface area contributed by atoms with Crippen LogP contribution >= 0.6 is 11.3 Å². The Morgan fingerprint density at radius 3 is 2.70 bits per heavy atom. The van der Waals surface area contributed by atoms with Crippen molar-refractivity contribution in [1.29, 1.82) is 0 Å². The van der Waals surface area contributed by atoms with Gasteiger partial charge >= 0.3 is 0 Å². The van der Waals surface area contributed by atoms with Gasteiger partial charge in [0.25, 0.3) is 5.91 Å². The molecule has 0 fully saturated rings. The van der Waals surface area contributed by atoms with E-state index in [4.69, 9.17) is 5.73 Å². The molecule has 23 heavy (non-hydrogen) atoms. The van der Waals surface area contributed by atoms with Crippen LogP contribution in [0, 0.1) is 25.5 Å². The third-order valence-electron chi connectivity index (χ3n) is 3.55. The van der Waals surface area contributed by atoms with Gasteiger partial charge in [0.15, 0.2) is 0 Å². The molecule has 4 nitrogen and oxygen atoms in total. The van der Waals surface area contributed by atoms with E-state index in [-0.39, 0.29) is 10.6 Å². The van der Waals surface area contributed by atoms with Crippen molar-refractivity contribution in [3.8, 4) is 0 Å². The highest BCUT2D eigenvalue weighted by Crippen LogP contribution is 2.34. The van der Waals surface area contributed by atoms with Crippen LogP contribution < -0.4 is 11.1 Å². The second-order valence-electron chi connectivity index (χ2n) is 5.17. The van der Waals surface area contributed by atoms with E-state index in [1.54, 1.807) is 0 Å². The summed E-state index contributed by atoms with van der Waals surface area (Å²) in [5.41, 5.74) is 8.06. The Morgan fingerprint density at radius 2 is 2.00 bits per heavy atom. The Bertz CT molecular complexity index is 937. The fourth-order valence-electron chi connectivity index (χ4n) is 2.17. The number of nitrogens with one attached hydrogen (secondary N) is 1. The van der Waals surface area contributed by atoms with Gasteiger partial charge < -0.3 is 11.1 Å². The summed E-state index contributed by atoms with van der Waals surface area (Å²) in [5, 5.41) is 3.10. The summed E-state index contributed by atoms with van der Waals surface area (Å²) >= 11 is 1.14. The quantitative estimate of drug-likeness (QED) is 0.744. The monoisotopic (exact) mass is 333 g/mol. The lowest BCUT2D eigenvalue weighted by molar-refractivity contribution is 0.103. The van der Waals surface area contributed by atoms with E-state index in [1.165, 1.54) is 6.07 Å². The first-order chi connectivity index (χ1) is 10.9. The molecule has 2 aromatic heterocycles. The first kappa shape index (κ1) is 15.4. The summed E-state index contributed by atoms with van der Waals surface area (Å²) in [6.45, 7) is 3.78. The van der Waals surface area contributed by atoms with Crippen LogP contribution in [0.2, 0.25) is 0 Å². The van der Waals surface area contributed by atoms with Crippen LogP contribution in [-0.4, -0.2) is 10.9 Å². The molecule has 1 amide bonds. The number of fused-ring (bicyclic) bond motifs is 1. The Kier molecular flexibility index (Phi) is 3.73. The molecule has 2 heterocycles. The molecule has 0 aliphatic heterocycles. The van der Waals surface area contributed by atoms with Gasteiger partial charge in [0, 0.05) is 17.1 Å². The third-order valence-corrected chi connectivity index (χ3v) is 4.66. The van der Waals surface area contributed by atoms with Crippen molar-refractivity contribution in [1.82, 2.24) is 4.98 Å². The minimum Gasteiger partial charge on any atom is -0.397 e. The number of rotatable bonds is 2. The number of carbonyl (C=O) groups excluding carboxylic acids is 1. The van der Waals surface area contributed by atoms with Gasteiger partial charge in [-0.25, -0.2) is 13.8 Å². The van der Waals surface area contributed by atoms with Gasteiger partial charge in [-0.2, -0.15) is 0 Å².